The predicted octanol–water partition coefficient (Wildman–Crippen LogP) is 4.29. The number of rotatable bonds is 4. The maximum atomic E-state index is 13.7. The first-order valence-electron chi connectivity index (χ1n) is 11.4. The summed E-state index contributed by atoms with van der Waals surface area (Å²) in [7, 11) is 0. The molecule has 0 fully saturated rings. The van der Waals surface area contributed by atoms with Crippen LogP contribution in [0.5, 0.6) is 0 Å². The number of imidazole rings is 1. The molecule has 7 nitrogen and oxygen atoms in total. The zero-order chi connectivity index (χ0) is 24.9. The van der Waals surface area contributed by atoms with Crippen LogP contribution in [0, 0.1) is 22.6 Å². The lowest BCUT2D eigenvalue weighted by atomic mass is 9.84. The molecule has 1 amide bonds. The van der Waals surface area contributed by atoms with Gasteiger partial charge in [-0.1, -0.05) is 6.08 Å². The lowest BCUT2D eigenvalue weighted by Crippen LogP contribution is -2.60. The molecule has 0 bridgehead atoms. The Balaban J connectivity index is 1.85. The summed E-state index contributed by atoms with van der Waals surface area (Å²) in [6.07, 6.45) is 6.49. The smallest absolute Gasteiger partial charge is 0.242 e. The summed E-state index contributed by atoms with van der Waals surface area (Å²) in [5.74, 6) is 0.980. The van der Waals surface area contributed by atoms with Crippen molar-refractivity contribution in [3.63, 3.8) is 0 Å². The summed E-state index contributed by atoms with van der Waals surface area (Å²) < 4.78 is 15.7. The molecule has 4 rings (SSSR count). The third kappa shape index (κ3) is 4.12. The van der Waals surface area contributed by atoms with Gasteiger partial charge in [0.2, 0.25) is 5.91 Å². The molecular formula is C26H31FN6O. The highest BCUT2D eigenvalue weighted by molar-refractivity contribution is 5.86. The molecule has 1 aromatic heterocycles. The van der Waals surface area contributed by atoms with Gasteiger partial charge in [0.15, 0.2) is 0 Å². The number of carbonyl (C=O) groups is 1. The molecule has 2 aliphatic rings. The van der Waals surface area contributed by atoms with Crippen LogP contribution in [0.15, 0.2) is 48.2 Å². The van der Waals surface area contributed by atoms with Crippen molar-refractivity contribution in [2.45, 2.75) is 58.7 Å². The van der Waals surface area contributed by atoms with Gasteiger partial charge in [0.1, 0.15) is 23.2 Å². The normalized spacial score (nSPS) is 21.5. The molecule has 1 atom stereocenters. The van der Waals surface area contributed by atoms with Crippen LogP contribution >= 0.6 is 0 Å². The SMILES string of the molecule is CC1(C#N)C=C(Nc2c(-c3ccc(F)cc3)nc3n2CCN(C(=O)C(C)(C)N)C3(C)C)C=CC1. The van der Waals surface area contributed by atoms with Crippen LogP contribution in [-0.4, -0.2) is 32.4 Å². The maximum Gasteiger partial charge on any atom is 0.242 e. The fourth-order valence-electron chi connectivity index (χ4n) is 4.55. The number of aromatic nitrogens is 2. The van der Waals surface area contributed by atoms with E-state index in [1.165, 1.54) is 12.1 Å². The first-order chi connectivity index (χ1) is 15.9. The van der Waals surface area contributed by atoms with Crippen LogP contribution in [0.1, 0.15) is 46.9 Å². The van der Waals surface area contributed by atoms with Crippen molar-refractivity contribution in [1.29, 1.82) is 5.26 Å². The van der Waals surface area contributed by atoms with E-state index < -0.39 is 16.5 Å². The molecule has 178 valence electrons. The Morgan fingerprint density at radius 1 is 1.24 bits per heavy atom. The fraction of sp³-hybridized carbons (Fsp3) is 0.423. The summed E-state index contributed by atoms with van der Waals surface area (Å²) >= 11 is 0. The minimum Gasteiger partial charge on any atom is -0.340 e. The van der Waals surface area contributed by atoms with Crippen molar-refractivity contribution in [2.75, 3.05) is 11.9 Å². The van der Waals surface area contributed by atoms with Crippen LogP contribution in [0.25, 0.3) is 11.3 Å². The molecule has 0 radical (unpaired) electrons. The number of carbonyl (C=O) groups excluding carboxylic acids is 1. The lowest BCUT2D eigenvalue weighted by molar-refractivity contribution is -0.143. The number of allylic oxidation sites excluding steroid dienone is 3. The summed E-state index contributed by atoms with van der Waals surface area (Å²) in [5.41, 5.74) is 6.01. The first-order valence-corrected chi connectivity index (χ1v) is 11.4. The molecule has 1 unspecified atom stereocenters. The number of benzene rings is 1. The highest BCUT2D eigenvalue weighted by Gasteiger charge is 2.44. The van der Waals surface area contributed by atoms with E-state index in [0.717, 1.165) is 17.1 Å². The third-order valence-corrected chi connectivity index (χ3v) is 6.48. The number of fused-ring (bicyclic) bond motifs is 1. The molecule has 8 heteroatoms. The summed E-state index contributed by atoms with van der Waals surface area (Å²) in [6, 6.07) is 8.56. The Kier molecular flexibility index (Phi) is 5.65. The molecule has 34 heavy (non-hydrogen) atoms. The Labute approximate surface area is 199 Å². The topological polar surface area (TPSA) is 100.0 Å². The second-order valence-electron chi connectivity index (χ2n) is 10.4. The average molecular weight is 463 g/mol. The second-order valence-corrected chi connectivity index (χ2v) is 10.4. The molecule has 1 aliphatic heterocycles. The van der Waals surface area contributed by atoms with Gasteiger partial charge in [0.25, 0.3) is 0 Å². The van der Waals surface area contributed by atoms with E-state index in [1.54, 1.807) is 30.9 Å². The molecule has 0 spiro atoms. The summed E-state index contributed by atoms with van der Waals surface area (Å²) in [6.45, 7) is 10.2. The zero-order valence-corrected chi connectivity index (χ0v) is 20.3. The second kappa shape index (κ2) is 8.10. The first kappa shape index (κ1) is 23.7. The van der Waals surface area contributed by atoms with Gasteiger partial charge in [0.05, 0.1) is 22.6 Å². The largest absolute Gasteiger partial charge is 0.340 e. The number of hydrogen-bond acceptors (Lipinski definition) is 5. The lowest BCUT2D eigenvalue weighted by Gasteiger charge is -2.44. The van der Waals surface area contributed by atoms with Gasteiger partial charge < -0.3 is 20.5 Å². The van der Waals surface area contributed by atoms with Crippen LogP contribution in [0.2, 0.25) is 0 Å². The van der Waals surface area contributed by atoms with E-state index in [9.17, 15) is 14.4 Å². The van der Waals surface area contributed by atoms with Crippen molar-refractivity contribution in [1.82, 2.24) is 14.5 Å². The molecule has 0 saturated heterocycles. The molecular weight excluding hydrogens is 431 g/mol. The van der Waals surface area contributed by atoms with Gasteiger partial charge in [0, 0.05) is 24.4 Å². The van der Waals surface area contributed by atoms with E-state index >= 15 is 0 Å². The quantitative estimate of drug-likeness (QED) is 0.706. The van der Waals surface area contributed by atoms with Crippen LogP contribution in [0.3, 0.4) is 0 Å². The van der Waals surface area contributed by atoms with Crippen LogP contribution in [-0.2, 0) is 16.9 Å². The molecule has 2 aromatic rings. The number of nitriles is 1. The van der Waals surface area contributed by atoms with E-state index in [-0.39, 0.29) is 11.7 Å². The highest BCUT2D eigenvalue weighted by Crippen LogP contribution is 2.40. The fourth-order valence-corrected chi connectivity index (χ4v) is 4.55. The summed E-state index contributed by atoms with van der Waals surface area (Å²) in [5, 5.41) is 13.1. The van der Waals surface area contributed by atoms with Crippen LogP contribution < -0.4 is 11.1 Å². The number of nitrogens with zero attached hydrogens (tertiary/aromatic N) is 4. The van der Waals surface area contributed by atoms with Gasteiger partial charge in [-0.3, -0.25) is 4.79 Å². The van der Waals surface area contributed by atoms with Crippen molar-refractivity contribution in [3.05, 3.63) is 59.8 Å². The third-order valence-electron chi connectivity index (χ3n) is 6.48. The van der Waals surface area contributed by atoms with Gasteiger partial charge in [-0.05, 0) is 77.5 Å². The van der Waals surface area contributed by atoms with Gasteiger partial charge in [-0.15, -0.1) is 0 Å². The van der Waals surface area contributed by atoms with Crippen LogP contribution in [0.4, 0.5) is 10.2 Å². The van der Waals surface area contributed by atoms with E-state index in [1.807, 2.05) is 39.0 Å². The Bertz CT molecular complexity index is 1230. The number of hydrogen-bond donors (Lipinski definition) is 2. The average Bonchev–Trinajstić information content (AvgIpc) is 3.13. The Hall–Kier alpha value is -3.44. The van der Waals surface area contributed by atoms with E-state index in [2.05, 4.69) is 16.0 Å². The Morgan fingerprint density at radius 2 is 1.91 bits per heavy atom. The van der Waals surface area contributed by atoms with Crippen molar-refractivity contribution < 1.29 is 9.18 Å². The molecule has 0 saturated carbocycles. The van der Waals surface area contributed by atoms with E-state index in [4.69, 9.17) is 10.7 Å². The van der Waals surface area contributed by atoms with Crippen molar-refractivity contribution in [3.8, 4) is 17.3 Å². The van der Waals surface area contributed by atoms with Crippen molar-refractivity contribution >= 4 is 11.7 Å². The minimum absolute atomic E-state index is 0.146. The number of halogens is 1. The van der Waals surface area contributed by atoms with Crippen molar-refractivity contribution in [2.24, 2.45) is 11.1 Å². The number of amides is 1. The highest BCUT2D eigenvalue weighted by atomic mass is 19.1. The Morgan fingerprint density at radius 3 is 2.53 bits per heavy atom. The number of nitrogens with one attached hydrogen (secondary N) is 1. The van der Waals surface area contributed by atoms with Gasteiger partial charge >= 0.3 is 0 Å². The predicted molar refractivity (Wildman–Crippen MR) is 130 cm³/mol. The zero-order valence-electron chi connectivity index (χ0n) is 20.3. The molecule has 2 heterocycles. The van der Waals surface area contributed by atoms with Gasteiger partial charge in [-0.25, -0.2) is 9.37 Å². The molecule has 1 aliphatic carbocycles. The molecule has 3 N–H and O–H groups in total. The monoisotopic (exact) mass is 462 g/mol. The number of anilines is 1. The van der Waals surface area contributed by atoms with Gasteiger partial charge in [-0.2, -0.15) is 5.26 Å². The summed E-state index contributed by atoms with van der Waals surface area (Å²) in [4.78, 5) is 19.9. The number of nitrogens with two attached hydrogens (primary N) is 1. The molecule has 1 aromatic carbocycles. The standard InChI is InChI=1S/C26H31FN6O/c1-24(2,29)23(34)33-14-13-32-21(30-19-7-6-12-26(5,15-19)16-28)20(31-22(32)25(33,3)4)17-8-10-18(27)11-9-17/h6-11,15,30H,12-14,29H2,1-5H3. The maximum absolute atomic E-state index is 13.7. The van der Waals surface area contributed by atoms with E-state index in [0.29, 0.717) is 31.0 Å². The minimum atomic E-state index is -1.01.